The first-order chi connectivity index (χ1) is 5.74. The SMILES string of the molecule is CNC(=O)C1CN(C)CCCN1. The zero-order valence-electron chi connectivity index (χ0n) is 7.76. The molecule has 4 nitrogen and oxygen atoms in total. The molecule has 0 radical (unpaired) electrons. The lowest BCUT2D eigenvalue weighted by atomic mass is 10.2. The minimum absolute atomic E-state index is 0.0394. The van der Waals surface area contributed by atoms with Crippen LogP contribution in [0.4, 0.5) is 0 Å². The summed E-state index contributed by atoms with van der Waals surface area (Å²) in [7, 11) is 3.72. The van der Waals surface area contributed by atoms with Crippen molar-refractivity contribution in [2.24, 2.45) is 0 Å². The lowest BCUT2D eigenvalue weighted by Gasteiger charge is -2.18. The van der Waals surface area contributed by atoms with Crippen molar-refractivity contribution in [1.82, 2.24) is 15.5 Å². The zero-order valence-corrected chi connectivity index (χ0v) is 7.76. The number of carbonyl (C=O) groups is 1. The number of rotatable bonds is 1. The molecule has 1 atom stereocenters. The van der Waals surface area contributed by atoms with Gasteiger partial charge in [-0.05, 0) is 26.6 Å². The Morgan fingerprint density at radius 3 is 3.08 bits per heavy atom. The zero-order chi connectivity index (χ0) is 8.97. The van der Waals surface area contributed by atoms with Crippen molar-refractivity contribution >= 4 is 5.91 Å². The molecule has 0 bridgehead atoms. The Hall–Kier alpha value is -0.610. The molecule has 0 aromatic rings. The number of amides is 1. The predicted molar refractivity (Wildman–Crippen MR) is 48.0 cm³/mol. The second kappa shape index (κ2) is 4.42. The molecule has 1 amide bonds. The van der Waals surface area contributed by atoms with Gasteiger partial charge in [0.05, 0.1) is 6.04 Å². The van der Waals surface area contributed by atoms with Crippen LogP contribution in [0.3, 0.4) is 0 Å². The van der Waals surface area contributed by atoms with Crippen LogP contribution in [-0.4, -0.2) is 50.6 Å². The van der Waals surface area contributed by atoms with Crippen LogP contribution in [0.15, 0.2) is 0 Å². The van der Waals surface area contributed by atoms with Gasteiger partial charge < -0.3 is 15.5 Å². The van der Waals surface area contributed by atoms with Gasteiger partial charge in [0.1, 0.15) is 0 Å². The molecule has 1 heterocycles. The van der Waals surface area contributed by atoms with Gasteiger partial charge in [-0.2, -0.15) is 0 Å². The van der Waals surface area contributed by atoms with Crippen LogP contribution in [0.1, 0.15) is 6.42 Å². The van der Waals surface area contributed by atoms with Crippen molar-refractivity contribution in [3.8, 4) is 0 Å². The third-order valence-electron chi connectivity index (χ3n) is 2.16. The maximum atomic E-state index is 11.3. The van der Waals surface area contributed by atoms with Crippen molar-refractivity contribution < 1.29 is 4.79 Å². The molecule has 4 heteroatoms. The third-order valence-corrected chi connectivity index (χ3v) is 2.16. The molecule has 1 rings (SSSR count). The quantitative estimate of drug-likeness (QED) is 0.533. The molecule has 0 spiro atoms. The molecule has 70 valence electrons. The molecule has 2 N–H and O–H groups in total. The van der Waals surface area contributed by atoms with Crippen LogP contribution in [-0.2, 0) is 4.79 Å². The van der Waals surface area contributed by atoms with E-state index in [0.29, 0.717) is 0 Å². The van der Waals surface area contributed by atoms with Crippen molar-refractivity contribution in [3.63, 3.8) is 0 Å². The molecule has 1 saturated heterocycles. The monoisotopic (exact) mass is 171 g/mol. The summed E-state index contributed by atoms with van der Waals surface area (Å²) in [6.07, 6.45) is 1.12. The number of likely N-dealkylation sites (N-methyl/N-ethyl adjacent to an activating group) is 2. The van der Waals surface area contributed by atoms with E-state index in [4.69, 9.17) is 0 Å². The maximum Gasteiger partial charge on any atom is 0.238 e. The van der Waals surface area contributed by atoms with E-state index < -0.39 is 0 Å². The molecule has 0 saturated carbocycles. The van der Waals surface area contributed by atoms with Gasteiger partial charge in [0.15, 0.2) is 0 Å². The predicted octanol–water partition coefficient (Wildman–Crippen LogP) is -0.974. The van der Waals surface area contributed by atoms with Crippen LogP contribution < -0.4 is 10.6 Å². The Bertz CT molecular complexity index is 160. The summed E-state index contributed by atoms with van der Waals surface area (Å²) in [5, 5.41) is 5.86. The highest BCUT2D eigenvalue weighted by Gasteiger charge is 2.20. The Morgan fingerprint density at radius 2 is 2.42 bits per heavy atom. The maximum absolute atomic E-state index is 11.3. The summed E-state index contributed by atoms with van der Waals surface area (Å²) < 4.78 is 0. The van der Waals surface area contributed by atoms with Crippen molar-refractivity contribution in [2.75, 3.05) is 33.7 Å². The normalized spacial score (nSPS) is 26.3. The Labute approximate surface area is 73.3 Å². The summed E-state index contributed by atoms with van der Waals surface area (Å²) in [4.78, 5) is 13.4. The number of nitrogens with one attached hydrogen (secondary N) is 2. The van der Waals surface area contributed by atoms with E-state index in [-0.39, 0.29) is 11.9 Å². The first-order valence-electron chi connectivity index (χ1n) is 4.37. The minimum Gasteiger partial charge on any atom is -0.358 e. The molecule has 1 fully saturated rings. The van der Waals surface area contributed by atoms with Gasteiger partial charge in [-0.25, -0.2) is 0 Å². The summed E-state index contributed by atoms with van der Waals surface area (Å²) in [5.74, 6) is 0.0868. The van der Waals surface area contributed by atoms with E-state index in [1.165, 1.54) is 0 Å². The van der Waals surface area contributed by atoms with Crippen LogP contribution in [0.5, 0.6) is 0 Å². The van der Waals surface area contributed by atoms with Gasteiger partial charge in [0, 0.05) is 13.6 Å². The van der Waals surface area contributed by atoms with Gasteiger partial charge in [-0.15, -0.1) is 0 Å². The van der Waals surface area contributed by atoms with E-state index in [2.05, 4.69) is 15.5 Å². The van der Waals surface area contributed by atoms with E-state index >= 15 is 0 Å². The fourth-order valence-corrected chi connectivity index (χ4v) is 1.44. The number of hydrogen-bond acceptors (Lipinski definition) is 3. The van der Waals surface area contributed by atoms with E-state index in [0.717, 1.165) is 26.1 Å². The molecule has 1 unspecified atom stereocenters. The van der Waals surface area contributed by atoms with Crippen LogP contribution in [0.25, 0.3) is 0 Å². The van der Waals surface area contributed by atoms with E-state index in [9.17, 15) is 4.79 Å². The second-order valence-electron chi connectivity index (χ2n) is 3.24. The average molecular weight is 171 g/mol. The minimum atomic E-state index is -0.0394. The standard InChI is InChI=1S/C8H17N3O/c1-9-8(12)7-6-11(2)5-3-4-10-7/h7,10H,3-6H2,1-2H3,(H,9,12). The molecule has 12 heavy (non-hydrogen) atoms. The molecule has 1 aliphatic rings. The fourth-order valence-electron chi connectivity index (χ4n) is 1.44. The second-order valence-corrected chi connectivity index (χ2v) is 3.24. The van der Waals surface area contributed by atoms with Crippen LogP contribution in [0.2, 0.25) is 0 Å². The highest BCUT2D eigenvalue weighted by Crippen LogP contribution is 1.97. The number of nitrogens with zero attached hydrogens (tertiary/aromatic N) is 1. The lowest BCUT2D eigenvalue weighted by molar-refractivity contribution is -0.122. The summed E-state index contributed by atoms with van der Waals surface area (Å²) >= 11 is 0. The van der Waals surface area contributed by atoms with Crippen molar-refractivity contribution in [3.05, 3.63) is 0 Å². The van der Waals surface area contributed by atoms with Gasteiger partial charge in [0.2, 0.25) is 5.91 Å². The molecule has 1 aliphatic heterocycles. The summed E-state index contributed by atoms with van der Waals surface area (Å²) in [5.41, 5.74) is 0. The summed E-state index contributed by atoms with van der Waals surface area (Å²) in [6, 6.07) is -0.0394. The highest BCUT2D eigenvalue weighted by molar-refractivity contribution is 5.81. The molecule has 0 aliphatic carbocycles. The van der Waals surface area contributed by atoms with Crippen LogP contribution in [0, 0.1) is 0 Å². The first-order valence-corrected chi connectivity index (χ1v) is 4.37. The molecule has 0 aromatic heterocycles. The van der Waals surface area contributed by atoms with Gasteiger partial charge in [-0.3, -0.25) is 4.79 Å². The van der Waals surface area contributed by atoms with Gasteiger partial charge in [0.25, 0.3) is 0 Å². The van der Waals surface area contributed by atoms with Crippen molar-refractivity contribution in [2.45, 2.75) is 12.5 Å². The van der Waals surface area contributed by atoms with E-state index in [1.54, 1.807) is 7.05 Å². The molecule has 0 aromatic carbocycles. The lowest BCUT2D eigenvalue weighted by Crippen LogP contribution is -2.47. The summed E-state index contributed by atoms with van der Waals surface area (Å²) in [6.45, 7) is 2.81. The third kappa shape index (κ3) is 2.46. The Kier molecular flexibility index (Phi) is 3.49. The Morgan fingerprint density at radius 1 is 1.67 bits per heavy atom. The van der Waals surface area contributed by atoms with Crippen LogP contribution >= 0.6 is 0 Å². The fraction of sp³-hybridized carbons (Fsp3) is 0.875. The molecular weight excluding hydrogens is 154 g/mol. The topological polar surface area (TPSA) is 44.4 Å². The number of carbonyl (C=O) groups excluding carboxylic acids is 1. The first kappa shape index (κ1) is 9.48. The van der Waals surface area contributed by atoms with Gasteiger partial charge in [-0.1, -0.05) is 0 Å². The highest BCUT2D eigenvalue weighted by atomic mass is 16.2. The largest absolute Gasteiger partial charge is 0.358 e. The van der Waals surface area contributed by atoms with Gasteiger partial charge >= 0.3 is 0 Å². The molecular formula is C8H17N3O. The number of hydrogen-bond donors (Lipinski definition) is 2. The van der Waals surface area contributed by atoms with Crippen molar-refractivity contribution in [1.29, 1.82) is 0 Å². The Balaban J connectivity index is 2.46. The average Bonchev–Trinajstić information content (AvgIpc) is 2.28. The van der Waals surface area contributed by atoms with E-state index in [1.807, 2.05) is 7.05 Å². The smallest absolute Gasteiger partial charge is 0.238 e.